The maximum absolute atomic E-state index is 12.1. The van der Waals surface area contributed by atoms with Crippen molar-refractivity contribution in [3.63, 3.8) is 0 Å². The molecule has 0 radical (unpaired) electrons. The molecule has 0 saturated heterocycles. The third kappa shape index (κ3) is 5.19. The largest absolute Gasteiger partial charge is 0.397 e. The van der Waals surface area contributed by atoms with Crippen LogP contribution in [-0.4, -0.2) is 30.4 Å². The fraction of sp³-hybridized carbons (Fsp3) is 0.500. The zero-order valence-electron chi connectivity index (χ0n) is 11.9. The van der Waals surface area contributed by atoms with Crippen LogP contribution < -0.4 is 11.1 Å². The molecule has 1 aromatic carbocycles. The van der Waals surface area contributed by atoms with E-state index in [0.717, 1.165) is 25.9 Å². The second kappa shape index (κ2) is 8.35. The summed E-state index contributed by atoms with van der Waals surface area (Å²) in [6.07, 6.45) is 2.02. The van der Waals surface area contributed by atoms with Crippen LogP contribution >= 0.6 is 23.2 Å². The Morgan fingerprint density at radius 3 is 2.35 bits per heavy atom. The fourth-order valence-corrected chi connectivity index (χ4v) is 2.57. The van der Waals surface area contributed by atoms with Gasteiger partial charge in [0.05, 0.1) is 22.9 Å². The van der Waals surface area contributed by atoms with E-state index in [-0.39, 0.29) is 5.91 Å². The summed E-state index contributed by atoms with van der Waals surface area (Å²) in [5.74, 6) is -0.122. The lowest BCUT2D eigenvalue weighted by atomic mass is 10.2. The number of hydrogen-bond acceptors (Lipinski definition) is 3. The second-order valence-electron chi connectivity index (χ2n) is 4.68. The molecule has 0 aliphatic carbocycles. The van der Waals surface area contributed by atoms with Crippen LogP contribution in [0.15, 0.2) is 12.1 Å². The molecule has 0 heterocycles. The van der Waals surface area contributed by atoms with Crippen molar-refractivity contribution in [3.8, 4) is 0 Å². The highest BCUT2D eigenvalue weighted by Gasteiger charge is 2.13. The van der Waals surface area contributed by atoms with Gasteiger partial charge in [0.15, 0.2) is 0 Å². The molecule has 0 aliphatic heterocycles. The number of hydrogen-bond donors (Lipinski definition) is 2. The molecule has 0 aliphatic rings. The van der Waals surface area contributed by atoms with Crippen LogP contribution in [0, 0.1) is 0 Å². The second-order valence-corrected chi connectivity index (χ2v) is 5.52. The summed E-state index contributed by atoms with van der Waals surface area (Å²) >= 11 is 11.9. The molecule has 1 rings (SSSR count). The Morgan fingerprint density at radius 1 is 1.25 bits per heavy atom. The molecular formula is C14H21Cl2N3O. The molecule has 0 unspecified atom stereocenters. The summed E-state index contributed by atoms with van der Waals surface area (Å²) in [6.45, 7) is 6.31. The van der Waals surface area contributed by atoms with Gasteiger partial charge in [-0.3, -0.25) is 9.69 Å². The average molecular weight is 318 g/mol. The first-order chi connectivity index (χ1) is 9.47. The number of nitrogen functional groups attached to an aromatic ring is 1. The maximum atomic E-state index is 12.1. The summed E-state index contributed by atoms with van der Waals surface area (Å²) in [7, 11) is 0. The average Bonchev–Trinajstić information content (AvgIpc) is 2.34. The first-order valence-corrected chi connectivity index (χ1v) is 7.50. The van der Waals surface area contributed by atoms with Crippen LogP contribution in [0.3, 0.4) is 0 Å². The molecule has 3 N–H and O–H groups in total. The van der Waals surface area contributed by atoms with Gasteiger partial charge in [-0.2, -0.15) is 0 Å². The summed E-state index contributed by atoms with van der Waals surface area (Å²) in [5.41, 5.74) is 6.62. The Labute approximate surface area is 130 Å². The summed E-state index contributed by atoms with van der Waals surface area (Å²) in [4.78, 5) is 14.2. The van der Waals surface area contributed by atoms with Crippen molar-refractivity contribution >= 4 is 40.5 Å². The molecule has 0 spiro atoms. The number of rotatable bonds is 7. The molecule has 112 valence electrons. The predicted octanol–water partition coefficient (Wildman–Crippen LogP) is 3.64. The molecule has 1 amide bonds. The third-order valence-electron chi connectivity index (χ3n) is 2.80. The van der Waals surface area contributed by atoms with E-state index in [1.165, 1.54) is 0 Å². The first-order valence-electron chi connectivity index (χ1n) is 6.74. The fourth-order valence-electron chi connectivity index (χ4n) is 2.01. The van der Waals surface area contributed by atoms with E-state index in [1.807, 2.05) is 0 Å². The zero-order chi connectivity index (χ0) is 15.1. The Hall–Kier alpha value is -0.970. The number of benzene rings is 1. The lowest BCUT2D eigenvalue weighted by Gasteiger charge is -2.20. The van der Waals surface area contributed by atoms with Gasteiger partial charge < -0.3 is 11.1 Å². The van der Waals surface area contributed by atoms with Crippen molar-refractivity contribution < 1.29 is 4.79 Å². The standard InChI is InChI=1S/C14H21Cl2N3O/c1-3-5-19(6-4-2)9-13(20)18-14-11(16)7-10(15)8-12(14)17/h7-8H,3-6,9,17H2,1-2H3,(H,18,20). The highest BCUT2D eigenvalue weighted by molar-refractivity contribution is 6.37. The number of nitrogens with two attached hydrogens (primary N) is 1. The SMILES string of the molecule is CCCN(CCC)CC(=O)Nc1c(N)cc(Cl)cc1Cl. The van der Waals surface area contributed by atoms with Gasteiger partial charge in [-0.05, 0) is 38.1 Å². The number of nitrogens with one attached hydrogen (secondary N) is 1. The molecule has 1 aromatic rings. The number of amides is 1. The minimum absolute atomic E-state index is 0.122. The number of carbonyl (C=O) groups is 1. The summed E-state index contributed by atoms with van der Waals surface area (Å²) in [6, 6.07) is 3.13. The van der Waals surface area contributed by atoms with E-state index < -0.39 is 0 Å². The Morgan fingerprint density at radius 2 is 1.85 bits per heavy atom. The normalized spacial score (nSPS) is 10.8. The maximum Gasteiger partial charge on any atom is 0.238 e. The Balaban J connectivity index is 2.70. The van der Waals surface area contributed by atoms with Crippen molar-refractivity contribution in [2.45, 2.75) is 26.7 Å². The smallest absolute Gasteiger partial charge is 0.238 e. The molecule has 4 nitrogen and oxygen atoms in total. The summed E-state index contributed by atoms with van der Waals surface area (Å²) in [5, 5.41) is 3.55. The van der Waals surface area contributed by atoms with Crippen LogP contribution in [0.1, 0.15) is 26.7 Å². The Bertz CT molecular complexity index is 437. The van der Waals surface area contributed by atoms with E-state index in [2.05, 4.69) is 24.1 Å². The van der Waals surface area contributed by atoms with Crippen LogP contribution in [0.25, 0.3) is 0 Å². The van der Waals surface area contributed by atoms with E-state index in [9.17, 15) is 4.79 Å². The number of nitrogens with zero attached hydrogens (tertiary/aromatic N) is 1. The molecule has 0 saturated carbocycles. The minimum atomic E-state index is -0.122. The highest BCUT2D eigenvalue weighted by atomic mass is 35.5. The quantitative estimate of drug-likeness (QED) is 0.755. The lowest BCUT2D eigenvalue weighted by molar-refractivity contribution is -0.117. The van der Waals surface area contributed by atoms with E-state index in [1.54, 1.807) is 12.1 Å². The van der Waals surface area contributed by atoms with Crippen molar-refractivity contribution in [1.29, 1.82) is 0 Å². The lowest BCUT2D eigenvalue weighted by Crippen LogP contribution is -2.34. The highest BCUT2D eigenvalue weighted by Crippen LogP contribution is 2.31. The molecule has 0 fully saturated rings. The molecule has 20 heavy (non-hydrogen) atoms. The number of anilines is 2. The molecule has 0 aromatic heterocycles. The number of halogens is 2. The van der Waals surface area contributed by atoms with Crippen molar-refractivity contribution in [2.24, 2.45) is 0 Å². The minimum Gasteiger partial charge on any atom is -0.397 e. The van der Waals surface area contributed by atoms with Gasteiger partial charge in [-0.15, -0.1) is 0 Å². The zero-order valence-corrected chi connectivity index (χ0v) is 13.4. The molecule has 0 bridgehead atoms. The predicted molar refractivity (Wildman–Crippen MR) is 86.5 cm³/mol. The van der Waals surface area contributed by atoms with Gasteiger partial charge in [0.25, 0.3) is 0 Å². The summed E-state index contributed by atoms with van der Waals surface area (Å²) < 4.78 is 0. The van der Waals surface area contributed by atoms with Crippen LogP contribution in [0.4, 0.5) is 11.4 Å². The molecule has 0 atom stereocenters. The van der Waals surface area contributed by atoms with Gasteiger partial charge in [0.1, 0.15) is 0 Å². The van der Waals surface area contributed by atoms with Crippen LogP contribution in [0.2, 0.25) is 10.0 Å². The molecular weight excluding hydrogens is 297 g/mol. The van der Waals surface area contributed by atoms with Crippen molar-refractivity contribution in [3.05, 3.63) is 22.2 Å². The Kier molecular flexibility index (Phi) is 7.13. The van der Waals surface area contributed by atoms with Crippen LogP contribution in [0.5, 0.6) is 0 Å². The topological polar surface area (TPSA) is 58.4 Å². The molecule has 6 heteroatoms. The van der Waals surface area contributed by atoms with E-state index in [4.69, 9.17) is 28.9 Å². The van der Waals surface area contributed by atoms with Gasteiger partial charge >= 0.3 is 0 Å². The van der Waals surface area contributed by atoms with Crippen molar-refractivity contribution in [2.75, 3.05) is 30.7 Å². The number of carbonyl (C=O) groups excluding carboxylic acids is 1. The van der Waals surface area contributed by atoms with Crippen molar-refractivity contribution in [1.82, 2.24) is 4.90 Å². The third-order valence-corrected chi connectivity index (χ3v) is 3.31. The first kappa shape index (κ1) is 17.1. The van der Waals surface area contributed by atoms with E-state index >= 15 is 0 Å². The van der Waals surface area contributed by atoms with Crippen LogP contribution in [-0.2, 0) is 4.79 Å². The van der Waals surface area contributed by atoms with Gasteiger partial charge in [-0.25, -0.2) is 0 Å². The van der Waals surface area contributed by atoms with Gasteiger partial charge in [0.2, 0.25) is 5.91 Å². The monoisotopic (exact) mass is 317 g/mol. The van der Waals surface area contributed by atoms with Gasteiger partial charge in [0, 0.05) is 5.02 Å². The van der Waals surface area contributed by atoms with E-state index in [0.29, 0.717) is 28.0 Å². The van der Waals surface area contributed by atoms with Gasteiger partial charge in [-0.1, -0.05) is 37.0 Å².